The maximum Gasteiger partial charge on any atom is 0.193 e. The smallest absolute Gasteiger partial charge is 0.193 e. The zero-order valence-electron chi connectivity index (χ0n) is 11.6. The SMILES string of the molecule is O=C1Cc2ccccc2OC1C1CCc2ccccc2O1. The molecule has 2 atom stereocenters. The van der Waals surface area contributed by atoms with Gasteiger partial charge < -0.3 is 9.47 Å². The minimum atomic E-state index is -0.492. The third kappa shape index (κ3) is 2.19. The number of rotatable bonds is 1. The molecule has 3 heteroatoms. The van der Waals surface area contributed by atoms with Gasteiger partial charge in [0.25, 0.3) is 0 Å². The van der Waals surface area contributed by atoms with Crippen molar-refractivity contribution in [3.05, 3.63) is 59.7 Å². The number of Topliss-reactive ketones (excluding diaryl/α,β-unsaturated/α-hetero) is 1. The van der Waals surface area contributed by atoms with Crippen molar-refractivity contribution in [3.8, 4) is 11.5 Å². The molecular formula is C18H16O3. The number of hydrogen-bond acceptors (Lipinski definition) is 3. The van der Waals surface area contributed by atoms with Gasteiger partial charge >= 0.3 is 0 Å². The summed E-state index contributed by atoms with van der Waals surface area (Å²) in [6.45, 7) is 0. The lowest BCUT2D eigenvalue weighted by Gasteiger charge is -2.34. The Morgan fingerprint density at radius 1 is 0.857 bits per heavy atom. The summed E-state index contributed by atoms with van der Waals surface area (Å²) in [4.78, 5) is 12.4. The first-order chi connectivity index (χ1) is 10.3. The van der Waals surface area contributed by atoms with Gasteiger partial charge in [0.1, 0.15) is 17.6 Å². The van der Waals surface area contributed by atoms with Crippen LogP contribution in [0.2, 0.25) is 0 Å². The van der Waals surface area contributed by atoms with E-state index in [1.165, 1.54) is 5.56 Å². The Bertz CT molecular complexity index is 692. The number of para-hydroxylation sites is 2. The van der Waals surface area contributed by atoms with Crippen LogP contribution in [0.5, 0.6) is 11.5 Å². The molecule has 106 valence electrons. The van der Waals surface area contributed by atoms with Crippen LogP contribution in [0, 0.1) is 0 Å². The maximum absolute atomic E-state index is 12.4. The maximum atomic E-state index is 12.4. The predicted molar refractivity (Wildman–Crippen MR) is 78.7 cm³/mol. The second kappa shape index (κ2) is 4.92. The number of carbonyl (C=O) groups excluding carboxylic acids is 1. The molecule has 2 unspecified atom stereocenters. The van der Waals surface area contributed by atoms with Crippen molar-refractivity contribution in [1.82, 2.24) is 0 Å². The van der Waals surface area contributed by atoms with Crippen molar-refractivity contribution in [3.63, 3.8) is 0 Å². The van der Waals surface area contributed by atoms with Gasteiger partial charge in [0.2, 0.25) is 0 Å². The molecule has 2 aliphatic rings. The van der Waals surface area contributed by atoms with Crippen molar-refractivity contribution in [2.24, 2.45) is 0 Å². The number of ether oxygens (including phenoxy) is 2. The Balaban J connectivity index is 1.59. The van der Waals surface area contributed by atoms with Crippen LogP contribution in [0.1, 0.15) is 17.5 Å². The predicted octanol–water partition coefficient (Wildman–Crippen LogP) is 2.95. The number of aryl methyl sites for hydroxylation is 1. The van der Waals surface area contributed by atoms with E-state index in [-0.39, 0.29) is 11.9 Å². The molecule has 2 aliphatic heterocycles. The average molecular weight is 280 g/mol. The minimum absolute atomic E-state index is 0.109. The highest BCUT2D eigenvalue weighted by Crippen LogP contribution is 2.33. The zero-order valence-corrected chi connectivity index (χ0v) is 11.6. The van der Waals surface area contributed by atoms with Gasteiger partial charge in [-0.1, -0.05) is 36.4 Å². The molecular weight excluding hydrogens is 264 g/mol. The standard InChI is InChI=1S/C18H16O3/c19-14-11-13-6-2-4-8-16(13)21-18(14)17-10-9-12-5-1-3-7-15(12)20-17/h1-8,17-18H,9-11H2. The van der Waals surface area contributed by atoms with E-state index in [4.69, 9.17) is 9.47 Å². The molecule has 0 amide bonds. The van der Waals surface area contributed by atoms with Crippen molar-refractivity contribution in [1.29, 1.82) is 0 Å². The van der Waals surface area contributed by atoms with Crippen LogP contribution in [0.3, 0.4) is 0 Å². The van der Waals surface area contributed by atoms with Crippen molar-refractivity contribution < 1.29 is 14.3 Å². The zero-order chi connectivity index (χ0) is 14.2. The molecule has 0 radical (unpaired) electrons. The molecule has 0 N–H and O–H groups in total. The molecule has 3 nitrogen and oxygen atoms in total. The van der Waals surface area contributed by atoms with E-state index in [1.807, 2.05) is 42.5 Å². The van der Waals surface area contributed by atoms with Crippen LogP contribution in [-0.4, -0.2) is 18.0 Å². The Kier molecular flexibility index (Phi) is 2.92. The van der Waals surface area contributed by atoms with Gasteiger partial charge in [-0.25, -0.2) is 0 Å². The number of ketones is 1. The van der Waals surface area contributed by atoms with Crippen LogP contribution < -0.4 is 9.47 Å². The van der Waals surface area contributed by atoms with Gasteiger partial charge in [0, 0.05) is 12.0 Å². The highest BCUT2D eigenvalue weighted by atomic mass is 16.5. The lowest BCUT2D eigenvalue weighted by Crippen LogP contribution is -2.47. The highest BCUT2D eigenvalue weighted by molar-refractivity contribution is 5.88. The lowest BCUT2D eigenvalue weighted by molar-refractivity contribution is -0.131. The Hall–Kier alpha value is -2.29. The number of carbonyl (C=O) groups is 1. The summed E-state index contributed by atoms with van der Waals surface area (Å²) >= 11 is 0. The second-order valence-electron chi connectivity index (χ2n) is 5.59. The largest absolute Gasteiger partial charge is 0.486 e. The molecule has 0 fully saturated rings. The normalized spacial score (nSPS) is 23.5. The summed E-state index contributed by atoms with van der Waals surface area (Å²) in [5.41, 5.74) is 2.17. The van der Waals surface area contributed by atoms with Crippen molar-refractivity contribution in [2.75, 3.05) is 0 Å². The Morgan fingerprint density at radius 3 is 2.33 bits per heavy atom. The van der Waals surface area contributed by atoms with Gasteiger partial charge in [-0.2, -0.15) is 0 Å². The molecule has 2 aromatic rings. The highest BCUT2D eigenvalue weighted by Gasteiger charge is 2.37. The van der Waals surface area contributed by atoms with E-state index >= 15 is 0 Å². The first-order valence-electron chi connectivity index (χ1n) is 7.33. The van der Waals surface area contributed by atoms with Gasteiger partial charge in [-0.15, -0.1) is 0 Å². The van der Waals surface area contributed by atoms with E-state index < -0.39 is 6.10 Å². The molecule has 2 aromatic carbocycles. The van der Waals surface area contributed by atoms with E-state index in [0.717, 1.165) is 29.9 Å². The van der Waals surface area contributed by atoms with Crippen molar-refractivity contribution >= 4 is 5.78 Å². The fraction of sp³-hybridized carbons (Fsp3) is 0.278. The Labute approximate surface area is 123 Å². The van der Waals surface area contributed by atoms with E-state index in [1.54, 1.807) is 0 Å². The summed E-state index contributed by atoms with van der Waals surface area (Å²) in [7, 11) is 0. The Morgan fingerprint density at radius 2 is 1.52 bits per heavy atom. The molecule has 0 bridgehead atoms. The summed E-state index contributed by atoms with van der Waals surface area (Å²) < 4.78 is 11.9. The molecule has 0 saturated heterocycles. The van der Waals surface area contributed by atoms with E-state index in [2.05, 4.69) is 6.07 Å². The summed E-state index contributed by atoms with van der Waals surface area (Å²) in [5, 5.41) is 0. The monoisotopic (exact) mass is 280 g/mol. The van der Waals surface area contributed by atoms with Gasteiger partial charge in [0.05, 0.1) is 0 Å². The quantitative estimate of drug-likeness (QED) is 0.805. The molecule has 2 heterocycles. The molecule has 21 heavy (non-hydrogen) atoms. The van der Waals surface area contributed by atoms with Gasteiger partial charge in [-0.3, -0.25) is 4.79 Å². The second-order valence-corrected chi connectivity index (χ2v) is 5.59. The van der Waals surface area contributed by atoms with Crippen LogP contribution in [-0.2, 0) is 17.6 Å². The van der Waals surface area contributed by atoms with Crippen LogP contribution >= 0.6 is 0 Å². The lowest BCUT2D eigenvalue weighted by atomic mass is 9.93. The summed E-state index contributed by atoms with van der Waals surface area (Å²) in [6, 6.07) is 15.7. The first-order valence-corrected chi connectivity index (χ1v) is 7.33. The number of benzene rings is 2. The molecule has 0 saturated carbocycles. The molecule has 0 aromatic heterocycles. The van der Waals surface area contributed by atoms with Gasteiger partial charge in [-0.05, 0) is 30.5 Å². The minimum Gasteiger partial charge on any atom is -0.486 e. The first kappa shape index (κ1) is 12.5. The number of hydrogen-bond donors (Lipinski definition) is 0. The summed E-state index contributed by atoms with van der Waals surface area (Å²) in [6.07, 6.45) is 1.49. The van der Waals surface area contributed by atoms with Crippen molar-refractivity contribution in [2.45, 2.75) is 31.5 Å². The van der Waals surface area contributed by atoms with E-state index in [0.29, 0.717) is 6.42 Å². The van der Waals surface area contributed by atoms with Crippen LogP contribution in [0.4, 0.5) is 0 Å². The van der Waals surface area contributed by atoms with Gasteiger partial charge in [0.15, 0.2) is 11.9 Å². The average Bonchev–Trinajstić information content (AvgIpc) is 2.54. The van der Waals surface area contributed by atoms with E-state index in [9.17, 15) is 4.79 Å². The molecule has 0 aliphatic carbocycles. The third-order valence-corrected chi connectivity index (χ3v) is 4.20. The fourth-order valence-corrected chi connectivity index (χ4v) is 3.10. The number of fused-ring (bicyclic) bond motifs is 2. The third-order valence-electron chi connectivity index (χ3n) is 4.20. The molecule has 4 rings (SSSR count). The van der Waals surface area contributed by atoms with Crippen LogP contribution in [0.15, 0.2) is 48.5 Å². The summed E-state index contributed by atoms with van der Waals surface area (Å²) in [5.74, 6) is 1.80. The fourth-order valence-electron chi connectivity index (χ4n) is 3.10. The molecule has 0 spiro atoms. The topological polar surface area (TPSA) is 35.5 Å². The van der Waals surface area contributed by atoms with Crippen LogP contribution in [0.25, 0.3) is 0 Å².